The first-order chi connectivity index (χ1) is 13.5. The van der Waals surface area contributed by atoms with Gasteiger partial charge in [0.2, 0.25) is 0 Å². The van der Waals surface area contributed by atoms with Crippen molar-refractivity contribution < 1.29 is 0 Å². The predicted molar refractivity (Wildman–Crippen MR) is 113 cm³/mol. The summed E-state index contributed by atoms with van der Waals surface area (Å²) in [5, 5.41) is 0.560. The lowest BCUT2D eigenvalue weighted by atomic mass is 10.0. The summed E-state index contributed by atoms with van der Waals surface area (Å²) < 4.78 is 4.79. The molecule has 0 N–H and O–H groups in total. The highest BCUT2D eigenvalue weighted by atomic mass is 16.2. The second-order valence-electron chi connectivity index (χ2n) is 7.11. The predicted octanol–water partition coefficient (Wildman–Crippen LogP) is 3.57. The van der Waals surface area contributed by atoms with Crippen LogP contribution < -0.4 is 11.2 Å². The van der Waals surface area contributed by atoms with E-state index >= 15 is 0 Å². The van der Waals surface area contributed by atoms with Crippen molar-refractivity contribution in [2.24, 2.45) is 14.1 Å². The number of rotatable bonds is 3. The molecule has 0 bridgehead atoms. The lowest BCUT2D eigenvalue weighted by Crippen LogP contribution is -2.36. The van der Waals surface area contributed by atoms with Crippen molar-refractivity contribution in [3.8, 4) is 16.9 Å². The fourth-order valence-electron chi connectivity index (χ4n) is 3.88. The molecule has 0 aliphatic heterocycles. The summed E-state index contributed by atoms with van der Waals surface area (Å²) in [5.74, 6) is 0. The number of aromatic nitrogens is 3. The molecule has 2 aromatic carbocycles. The number of para-hydroxylation sites is 1. The van der Waals surface area contributed by atoms with Crippen molar-refractivity contribution in [2.45, 2.75) is 20.3 Å². The summed E-state index contributed by atoms with van der Waals surface area (Å²) in [5.41, 5.74) is 5.13. The Morgan fingerprint density at radius 3 is 2.29 bits per heavy atom. The molecule has 2 heterocycles. The first kappa shape index (κ1) is 18.0. The molecular weight excluding hydrogens is 350 g/mol. The third-order valence-corrected chi connectivity index (χ3v) is 5.47. The Morgan fingerprint density at radius 2 is 1.57 bits per heavy atom. The number of hydrogen-bond acceptors (Lipinski definition) is 2. The fourth-order valence-corrected chi connectivity index (χ4v) is 3.88. The molecule has 4 aromatic rings. The zero-order valence-corrected chi connectivity index (χ0v) is 16.6. The molecule has 142 valence electrons. The molecule has 4 rings (SSSR count). The molecule has 0 amide bonds. The highest BCUT2D eigenvalue weighted by Crippen LogP contribution is 2.33. The number of nitrogens with zero attached hydrogens (tertiary/aromatic N) is 3. The topological polar surface area (TPSA) is 48.9 Å². The molecule has 0 spiro atoms. The maximum absolute atomic E-state index is 13.1. The van der Waals surface area contributed by atoms with Gasteiger partial charge in [0.05, 0.1) is 16.6 Å². The average Bonchev–Trinajstić information content (AvgIpc) is 3.11. The van der Waals surface area contributed by atoms with Gasteiger partial charge < -0.3 is 4.57 Å². The second kappa shape index (κ2) is 6.68. The Morgan fingerprint density at radius 1 is 0.893 bits per heavy atom. The van der Waals surface area contributed by atoms with Gasteiger partial charge in [0.25, 0.3) is 5.56 Å². The minimum atomic E-state index is -0.324. The maximum atomic E-state index is 13.1. The van der Waals surface area contributed by atoms with Crippen LogP contribution in [0.1, 0.15) is 18.1 Å². The molecule has 0 aliphatic rings. The molecule has 0 unspecified atom stereocenters. The first-order valence-electron chi connectivity index (χ1n) is 9.41. The monoisotopic (exact) mass is 373 g/mol. The van der Waals surface area contributed by atoms with Gasteiger partial charge in [-0.1, -0.05) is 49.4 Å². The third kappa shape index (κ3) is 2.54. The minimum Gasteiger partial charge on any atom is -0.313 e. The number of benzene rings is 2. The van der Waals surface area contributed by atoms with Crippen LogP contribution in [0.5, 0.6) is 0 Å². The Hall–Kier alpha value is -3.34. The molecule has 0 saturated carbocycles. The van der Waals surface area contributed by atoms with E-state index in [-0.39, 0.29) is 11.2 Å². The van der Waals surface area contributed by atoms with Gasteiger partial charge in [-0.05, 0) is 30.5 Å². The normalized spacial score (nSPS) is 11.3. The Bertz CT molecular complexity index is 1320. The van der Waals surface area contributed by atoms with Crippen molar-refractivity contribution in [3.63, 3.8) is 0 Å². The smallest absolute Gasteiger partial charge is 0.313 e. The maximum Gasteiger partial charge on any atom is 0.330 e. The molecule has 0 radical (unpaired) electrons. The summed E-state index contributed by atoms with van der Waals surface area (Å²) >= 11 is 0. The molecule has 0 aliphatic carbocycles. The molecule has 0 fully saturated rings. The average molecular weight is 373 g/mol. The highest BCUT2D eigenvalue weighted by molar-refractivity contribution is 5.95. The van der Waals surface area contributed by atoms with Gasteiger partial charge in [-0.15, -0.1) is 0 Å². The van der Waals surface area contributed by atoms with E-state index in [2.05, 4.69) is 23.6 Å². The van der Waals surface area contributed by atoms with E-state index in [4.69, 9.17) is 0 Å². The van der Waals surface area contributed by atoms with Gasteiger partial charge in [-0.2, -0.15) is 0 Å². The van der Waals surface area contributed by atoms with Crippen LogP contribution in [0.2, 0.25) is 0 Å². The van der Waals surface area contributed by atoms with E-state index in [1.807, 2.05) is 49.5 Å². The molecule has 0 saturated heterocycles. The van der Waals surface area contributed by atoms with Gasteiger partial charge in [0, 0.05) is 31.5 Å². The van der Waals surface area contributed by atoms with Crippen LogP contribution in [0.3, 0.4) is 0 Å². The first-order valence-corrected chi connectivity index (χ1v) is 9.41. The quantitative estimate of drug-likeness (QED) is 0.551. The highest BCUT2D eigenvalue weighted by Gasteiger charge is 2.21. The third-order valence-electron chi connectivity index (χ3n) is 5.47. The van der Waals surface area contributed by atoms with E-state index in [0.29, 0.717) is 10.9 Å². The Labute approximate surface area is 163 Å². The van der Waals surface area contributed by atoms with Crippen molar-refractivity contribution in [3.05, 3.63) is 86.7 Å². The van der Waals surface area contributed by atoms with Crippen LogP contribution in [0.15, 0.2) is 64.3 Å². The van der Waals surface area contributed by atoms with E-state index in [0.717, 1.165) is 28.9 Å². The Kier molecular flexibility index (Phi) is 4.30. The van der Waals surface area contributed by atoms with Crippen molar-refractivity contribution in [1.29, 1.82) is 0 Å². The summed E-state index contributed by atoms with van der Waals surface area (Å²) in [4.78, 5) is 25.6. The van der Waals surface area contributed by atoms with E-state index in [9.17, 15) is 9.59 Å². The van der Waals surface area contributed by atoms with Crippen molar-refractivity contribution >= 4 is 10.9 Å². The van der Waals surface area contributed by atoms with Crippen LogP contribution >= 0.6 is 0 Å². The second-order valence-corrected chi connectivity index (χ2v) is 7.11. The van der Waals surface area contributed by atoms with Gasteiger partial charge >= 0.3 is 5.69 Å². The van der Waals surface area contributed by atoms with Gasteiger partial charge in [-0.3, -0.25) is 13.9 Å². The van der Waals surface area contributed by atoms with Crippen LogP contribution in [0.4, 0.5) is 0 Å². The van der Waals surface area contributed by atoms with E-state index in [1.54, 1.807) is 11.6 Å². The number of aryl methyl sites for hydroxylation is 3. The largest absolute Gasteiger partial charge is 0.330 e. The zero-order valence-electron chi connectivity index (χ0n) is 16.6. The van der Waals surface area contributed by atoms with Crippen molar-refractivity contribution in [2.75, 3.05) is 0 Å². The molecule has 0 atom stereocenters. The van der Waals surface area contributed by atoms with Crippen molar-refractivity contribution in [1.82, 2.24) is 13.7 Å². The van der Waals surface area contributed by atoms with Gasteiger partial charge in [0.15, 0.2) is 0 Å². The zero-order chi connectivity index (χ0) is 20.0. The summed E-state index contributed by atoms with van der Waals surface area (Å²) in [6.07, 6.45) is 2.78. The SMILES string of the molecule is CCc1ccccc1-n1cc2c(c1-c1ccccc1C)c(=O)n(C)c(=O)n2C. The van der Waals surface area contributed by atoms with E-state index < -0.39 is 0 Å². The number of fused-ring (bicyclic) bond motifs is 1. The van der Waals surface area contributed by atoms with Crippen LogP contribution in [-0.4, -0.2) is 13.7 Å². The van der Waals surface area contributed by atoms with Crippen LogP contribution in [0, 0.1) is 6.92 Å². The van der Waals surface area contributed by atoms with E-state index in [1.165, 1.54) is 17.2 Å². The fraction of sp³-hybridized carbons (Fsp3) is 0.217. The molecule has 5 heteroatoms. The lowest BCUT2D eigenvalue weighted by molar-refractivity contribution is 0.714. The number of hydrogen-bond donors (Lipinski definition) is 0. The molecule has 5 nitrogen and oxygen atoms in total. The molecule has 28 heavy (non-hydrogen) atoms. The summed E-state index contributed by atoms with van der Waals surface area (Å²) in [6, 6.07) is 16.2. The van der Waals surface area contributed by atoms with Crippen LogP contribution in [0.25, 0.3) is 27.8 Å². The molecule has 2 aromatic heterocycles. The van der Waals surface area contributed by atoms with Gasteiger partial charge in [-0.25, -0.2) is 4.79 Å². The lowest BCUT2D eigenvalue weighted by Gasteiger charge is -2.15. The van der Waals surface area contributed by atoms with Gasteiger partial charge in [0.1, 0.15) is 0 Å². The standard InChI is InChI=1S/C23H23N3O2/c1-5-16-11-7-9-13-18(16)26-14-19-20(22(27)25(4)23(28)24(19)3)21(26)17-12-8-6-10-15(17)2/h6-14H,5H2,1-4H3. The van der Waals surface area contributed by atoms with Crippen LogP contribution in [-0.2, 0) is 20.5 Å². The summed E-state index contributed by atoms with van der Waals surface area (Å²) in [7, 11) is 3.24. The minimum absolute atomic E-state index is 0.274. The Balaban J connectivity index is 2.26. The summed E-state index contributed by atoms with van der Waals surface area (Å²) in [6.45, 7) is 4.15. The molecular formula is C23H23N3O2.